The van der Waals surface area contributed by atoms with E-state index in [9.17, 15) is 9.59 Å². The monoisotopic (exact) mass is 518 g/mol. The van der Waals surface area contributed by atoms with Crippen molar-refractivity contribution in [1.29, 1.82) is 0 Å². The maximum Gasteiger partial charge on any atom is 0.327 e. The molecule has 0 aromatic heterocycles. The van der Waals surface area contributed by atoms with Crippen molar-refractivity contribution in [3.8, 4) is 5.75 Å². The Hall–Kier alpha value is -4.17. The summed E-state index contributed by atoms with van der Waals surface area (Å²) in [6.45, 7) is 2.11. The van der Waals surface area contributed by atoms with Gasteiger partial charge < -0.3 is 9.47 Å². The van der Waals surface area contributed by atoms with E-state index in [2.05, 4.69) is 10.3 Å². The predicted molar refractivity (Wildman–Crippen MR) is 143 cm³/mol. The van der Waals surface area contributed by atoms with Gasteiger partial charge in [0.1, 0.15) is 12.3 Å². The molecule has 3 aromatic rings. The minimum absolute atomic E-state index is 0.102. The number of halogens is 1. The van der Waals surface area contributed by atoms with Gasteiger partial charge in [-0.3, -0.25) is 14.9 Å². The number of aliphatic imine (C=N–C) groups is 1. The van der Waals surface area contributed by atoms with Crippen LogP contribution in [0.5, 0.6) is 5.75 Å². The number of carbonyl (C=O) groups is 2. The number of hydrazone groups is 1. The fourth-order valence-electron chi connectivity index (χ4n) is 3.91. The maximum absolute atomic E-state index is 13.0. The summed E-state index contributed by atoms with van der Waals surface area (Å²) in [5.74, 6) is -0.114. The number of ether oxygens (including phenoxy) is 2. The van der Waals surface area contributed by atoms with Crippen LogP contribution in [-0.4, -0.2) is 55.4 Å². The molecule has 1 heterocycles. The van der Waals surface area contributed by atoms with Crippen molar-refractivity contribution in [2.75, 3.05) is 26.8 Å². The molecule has 1 atom stereocenters. The zero-order chi connectivity index (χ0) is 26.2. The molecule has 3 aromatic carbocycles. The summed E-state index contributed by atoms with van der Waals surface area (Å²) in [6.07, 6.45) is 0. The van der Waals surface area contributed by atoms with Gasteiger partial charge in [0, 0.05) is 16.5 Å². The summed E-state index contributed by atoms with van der Waals surface area (Å²) in [6, 6.07) is 24.1. The first-order valence-corrected chi connectivity index (χ1v) is 12.2. The highest BCUT2D eigenvalue weighted by molar-refractivity contribution is 6.30. The lowest BCUT2D eigenvalue weighted by Crippen LogP contribution is -2.41. The van der Waals surface area contributed by atoms with Crippen molar-refractivity contribution >= 4 is 35.1 Å². The lowest BCUT2D eigenvalue weighted by molar-refractivity contribution is -0.141. The van der Waals surface area contributed by atoms with Gasteiger partial charge in [0.15, 0.2) is 0 Å². The topological polar surface area (TPSA) is 92.6 Å². The zero-order valence-electron chi connectivity index (χ0n) is 20.6. The van der Waals surface area contributed by atoms with Crippen LogP contribution in [0.4, 0.5) is 0 Å². The molecule has 1 N–H and O–H groups in total. The number of nitrogens with one attached hydrogen (secondary N) is 1. The summed E-state index contributed by atoms with van der Waals surface area (Å²) < 4.78 is 10.3. The Morgan fingerprint density at radius 2 is 1.76 bits per heavy atom. The van der Waals surface area contributed by atoms with Crippen LogP contribution in [0.1, 0.15) is 34.3 Å². The molecule has 0 bridgehead atoms. The molecule has 1 aliphatic rings. The summed E-state index contributed by atoms with van der Waals surface area (Å²) in [4.78, 5) is 29.5. The minimum Gasteiger partial charge on any atom is -0.497 e. The van der Waals surface area contributed by atoms with Crippen molar-refractivity contribution in [2.45, 2.75) is 12.8 Å². The molecule has 1 aliphatic heterocycles. The molecule has 1 unspecified atom stereocenters. The average molecular weight is 519 g/mol. The van der Waals surface area contributed by atoms with Crippen molar-refractivity contribution < 1.29 is 19.1 Å². The lowest BCUT2D eigenvalue weighted by atomic mass is 9.90. The van der Waals surface area contributed by atoms with Crippen molar-refractivity contribution in [2.24, 2.45) is 10.1 Å². The van der Waals surface area contributed by atoms with Gasteiger partial charge in [0.2, 0.25) is 5.96 Å². The predicted octanol–water partition coefficient (Wildman–Crippen LogP) is 4.50. The molecule has 4 rings (SSSR count). The molecule has 0 aliphatic carbocycles. The first-order valence-electron chi connectivity index (χ1n) is 11.8. The van der Waals surface area contributed by atoms with E-state index in [0.29, 0.717) is 17.1 Å². The normalized spacial score (nSPS) is 15.2. The largest absolute Gasteiger partial charge is 0.497 e. The van der Waals surface area contributed by atoms with E-state index in [1.54, 1.807) is 43.3 Å². The SMILES string of the molecule is CCOC(=O)CN=C(NC(=O)c1ccc(Cl)cc1)N1CC(c2ccccc2)C(c2ccc(OC)cc2)=N1. The van der Waals surface area contributed by atoms with Crippen LogP contribution < -0.4 is 10.1 Å². The van der Waals surface area contributed by atoms with E-state index in [1.165, 1.54) is 0 Å². The highest BCUT2D eigenvalue weighted by Crippen LogP contribution is 2.29. The van der Waals surface area contributed by atoms with Gasteiger partial charge in [-0.1, -0.05) is 41.9 Å². The summed E-state index contributed by atoms with van der Waals surface area (Å²) in [5, 5.41) is 9.80. The van der Waals surface area contributed by atoms with Crippen molar-refractivity contribution in [1.82, 2.24) is 10.3 Å². The van der Waals surface area contributed by atoms with E-state index in [1.807, 2.05) is 54.6 Å². The number of amides is 1. The molecule has 0 spiro atoms. The Labute approximate surface area is 220 Å². The van der Waals surface area contributed by atoms with Crippen LogP contribution in [0.25, 0.3) is 0 Å². The van der Waals surface area contributed by atoms with Crippen molar-refractivity contribution in [3.63, 3.8) is 0 Å². The molecule has 1 amide bonds. The molecule has 0 saturated heterocycles. The summed E-state index contributed by atoms with van der Waals surface area (Å²) in [7, 11) is 1.62. The molecule has 9 heteroatoms. The van der Waals surface area contributed by atoms with Crippen LogP contribution >= 0.6 is 11.6 Å². The Bertz CT molecular complexity index is 1290. The standard InChI is InChI=1S/C28H27ClN4O4/c1-3-37-25(34)17-30-28(31-27(35)21-9-13-22(29)14-10-21)33-18-24(19-7-5-4-6-8-19)26(32-33)20-11-15-23(36-2)16-12-20/h4-16,24H,3,17-18H2,1-2H3,(H,30,31,35). The third-order valence-corrected chi connectivity index (χ3v) is 5.99. The molecule has 37 heavy (non-hydrogen) atoms. The van der Waals surface area contributed by atoms with Crippen LogP contribution in [0, 0.1) is 0 Å². The van der Waals surface area contributed by atoms with Crippen LogP contribution in [0.3, 0.4) is 0 Å². The minimum atomic E-state index is -0.501. The number of esters is 1. The second-order valence-corrected chi connectivity index (χ2v) is 8.60. The number of benzene rings is 3. The number of rotatable bonds is 7. The van der Waals surface area contributed by atoms with E-state index < -0.39 is 11.9 Å². The van der Waals surface area contributed by atoms with Gasteiger partial charge in [-0.25, -0.2) is 10.0 Å². The Morgan fingerprint density at radius 1 is 1.05 bits per heavy atom. The Balaban J connectivity index is 1.69. The molecule has 0 saturated carbocycles. The maximum atomic E-state index is 13.0. The van der Waals surface area contributed by atoms with Gasteiger partial charge in [-0.05, 0) is 66.6 Å². The number of nitrogens with zero attached hydrogens (tertiary/aromatic N) is 3. The number of carbonyl (C=O) groups excluding carboxylic acids is 2. The lowest BCUT2D eigenvalue weighted by Gasteiger charge is -2.19. The fourth-order valence-corrected chi connectivity index (χ4v) is 4.04. The van der Waals surface area contributed by atoms with Gasteiger partial charge in [-0.2, -0.15) is 5.10 Å². The molecule has 190 valence electrons. The Morgan fingerprint density at radius 3 is 2.41 bits per heavy atom. The van der Waals surface area contributed by atoms with E-state index in [0.717, 1.165) is 22.6 Å². The number of guanidine groups is 1. The van der Waals surface area contributed by atoms with Crippen molar-refractivity contribution in [3.05, 3.63) is 101 Å². The van der Waals surface area contributed by atoms with Gasteiger partial charge in [0.25, 0.3) is 5.91 Å². The first-order chi connectivity index (χ1) is 18.0. The third kappa shape index (κ3) is 6.54. The molecular weight excluding hydrogens is 492 g/mol. The zero-order valence-corrected chi connectivity index (χ0v) is 21.3. The fraction of sp³-hybridized carbons (Fsp3) is 0.214. The number of hydrogen-bond acceptors (Lipinski definition) is 6. The molecule has 0 fully saturated rings. The number of hydrogen-bond donors (Lipinski definition) is 1. The first kappa shape index (κ1) is 25.9. The quantitative estimate of drug-likeness (QED) is 0.282. The van der Waals surface area contributed by atoms with E-state index in [-0.39, 0.29) is 25.0 Å². The Kier molecular flexibility index (Phi) is 8.53. The van der Waals surface area contributed by atoms with Crippen LogP contribution in [0.15, 0.2) is 89.0 Å². The highest BCUT2D eigenvalue weighted by Gasteiger charge is 2.32. The van der Waals surface area contributed by atoms with Crippen LogP contribution in [0.2, 0.25) is 5.02 Å². The third-order valence-electron chi connectivity index (χ3n) is 5.74. The molecule has 8 nitrogen and oxygen atoms in total. The summed E-state index contributed by atoms with van der Waals surface area (Å²) >= 11 is 5.97. The van der Waals surface area contributed by atoms with Crippen LogP contribution in [-0.2, 0) is 9.53 Å². The molecule has 0 radical (unpaired) electrons. The second-order valence-electron chi connectivity index (χ2n) is 8.16. The molecular formula is C28H27ClN4O4. The average Bonchev–Trinajstić information content (AvgIpc) is 3.37. The van der Waals surface area contributed by atoms with E-state index in [4.69, 9.17) is 26.2 Å². The van der Waals surface area contributed by atoms with Gasteiger partial charge in [0.05, 0.1) is 26.0 Å². The van der Waals surface area contributed by atoms with E-state index >= 15 is 0 Å². The van der Waals surface area contributed by atoms with Gasteiger partial charge >= 0.3 is 5.97 Å². The highest BCUT2D eigenvalue weighted by atomic mass is 35.5. The smallest absolute Gasteiger partial charge is 0.327 e. The van der Waals surface area contributed by atoms with Gasteiger partial charge in [-0.15, -0.1) is 0 Å². The second kappa shape index (κ2) is 12.2. The number of methoxy groups -OCH3 is 1. The summed E-state index contributed by atoms with van der Waals surface area (Å²) in [5.41, 5.74) is 3.17.